The van der Waals surface area contributed by atoms with Crippen LogP contribution < -0.4 is 11.1 Å². The average Bonchev–Trinajstić information content (AvgIpc) is 2.78. The minimum atomic E-state index is -0.198. The number of hydrogen-bond acceptors (Lipinski definition) is 6. The van der Waals surface area contributed by atoms with E-state index in [1.165, 1.54) is 0 Å². The van der Waals surface area contributed by atoms with E-state index in [9.17, 15) is 0 Å². The fourth-order valence-electron chi connectivity index (χ4n) is 1.86. The van der Waals surface area contributed by atoms with Gasteiger partial charge in [-0.2, -0.15) is 5.26 Å². The lowest BCUT2D eigenvalue weighted by Crippen LogP contribution is -2.35. The van der Waals surface area contributed by atoms with Gasteiger partial charge in [0.05, 0.1) is 12.9 Å². The number of aromatic nitrogens is 2. The second-order valence-corrected chi connectivity index (χ2v) is 3.38. The highest BCUT2D eigenvalue weighted by Gasteiger charge is 2.36. The van der Waals surface area contributed by atoms with Crippen LogP contribution >= 0.6 is 0 Å². The third-order valence-corrected chi connectivity index (χ3v) is 2.52. The lowest BCUT2D eigenvalue weighted by molar-refractivity contribution is 0.167. The molecular formula is C8H8N6O. The molecule has 0 spiro atoms. The van der Waals surface area contributed by atoms with Gasteiger partial charge >= 0.3 is 0 Å². The molecule has 0 fully saturated rings. The van der Waals surface area contributed by atoms with E-state index >= 15 is 0 Å². The second-order valence-electron chi connectivity index (χ2n) is 3.38. The SMILES string of the molecule is N#Cc1ncn2c1NCC1OC(N)=NC12. The molecule has 0 saturated heterocycles. The number of imidazole rings is 1. The maximum Gasteiger partial charge on any atom is 0.284 e. The maximum atomic E-state index is 8.82. The van der Waals surface area contributed by atoms with Crippen molar-refractivity contribution in [1.82, 2.24) is 9.55 Å². The minimum Gasteiger partial charge on any atom is -0.456 e. The van der Waals surface area contributed by atoms with Crippen molar-refractivity contribution in [3.63, 3.8) is 0 Å². The Kier molecular flexibility index (Phi) is 1.42. The van der Waals surface area contributed by atoms with Gasteiger partial charge < -0.3 is 15.8 Å². The molecule has 1 aromatic rings. The van der Waals surface area contributed by atoms with E-state index in [-0.39, 0.29) is 18.3 Å². The molecule has 76 valence electrons. The Balaban J connectivity index is 2.09. The third-order valence-electron chi connectivity index (χ3n) is 2.52. The van der Waals surface area contributed by atoms with Gasteiger partial charge in [0, 0.05) is 0 Å². The van der Waals surface area contributed by atoms with Gasteiger partial charge in [-0.05, 0) is 0 Å². The van der Waals surface area contributed by atoms with Crippen LogP contribution in [0, 0.1) is 11.3 Å². The molecule has 0 amide bonds. The molecule has 0 aromatic carbocycles. The van der Waals surface area contributed by atoms with Crippen LogP contribution in [0.1, 0.15) is 11.9 Å². The smallest absolute Gasteiger partial charge is 0.284 e. The number of nitrogens with zero attached hydrogens (tertiary/aromatic N) is 4. The van der Waals surface area contributed by atoms with Gasteiger partial charge in [0.25, 0.3) is 6.02 Å². The van der Waals surface area contributed by atoms with Gasteiger partial charge in [0.2, 0.25) is 0 Å². The molecule has 0 radical (unpaired) electrons. The van der Waals surface area contributed by atoms with Crippen molar-refractivity contribution in [3.8, 4) is 6.07 Å². The van der Waals surface area contributed by atoms with Crippen molar-refractivity contribution in [3.05, 3.63) is 12.0 Å². The van der Waals surface area contributed by atoms with Crippen molar-refractivity contribution in [2.45, 2.75) is 12.3 Å². The zero-order valence-corrected chi connectivity index (χ0v) is 7.71. The van der Waals surface area contributed by atoms with Gasteiger partial charge in [0.15, 0.2) is 18.0 Å². The summed E-state index contributed by atoms with van der Waals surface area (Å²) in [6.07, 6.45) is 1.26. The van der Waals surface area contributed by atoms with Crippen molar-refractivity contribution >= 4 is 11.8 Å². The highest BCUT2D eigenvalue weighted by Crippen LogP contribution is 2.31. The molecule has 15 heavy (non-hydrogen) atoms. The van der Waals surface area contributed by atoms with Gasteiger partial charge in [-0.3, -0.25) is 4.57 Å². The zero-order valence-electron chi connectivity index (χ0n) is 7.71. The summed E-state index contributed by atoms with van der Waals surface area (Å²) in [4.78, 5) is 8.12. The first kappa shape index (κ1) is 8.11. The molecule has 2 atom stereocenters. The Morgan fingerprint density at radius 3 is 3.40 bits per heavy atom. The summed E-state index contributed by atoms with van der Waals surface area (Å²) in [7, 11) is 0. The average molecular weight is 204 g/mol. The van der Waals surface area contributed by atoms with E-state index in [1.807, 2.05) is 6.07 Å². The molecule has 2 aliphatic rings. The van der Waals surface area contributed by atoms with E-state index in [0.29, 0.717) is 18.1 Å². The molecule has 0 aliphatic carbocycles. The Morgan fingerprint density at radius 2 is 2.60 bits per heavy atom. The highest BCUT2D eigenvalue weighted by atomic mass is 16.5. The topological polar surface area (TPSA) is 101 Å². The van der Waals surface area contributed by atoms with Crippen LogP contribution in [0.15, 0.2) is 11.3 Å². The third kappa shape index (κ3) is 0.985. The predicted molar refractivity (Wildman–Crippen MR) is 51.0 cm³/mol. The molecule has 2 unspecified atom stereocenters. The predicted octanol–water partition coefficient (Wildman–Crippen LogP) is -0.608. The molecule has 3 heterocycles. The van der Waals surface area contributed by atoms with Crippen LogP contribution in [0.2, 0.25) is 0 Å². The van der Waals surface area contributed by atoms with Crippen LogP contribution in [0.5, 0.6) is 0 Å². The standard InChI is InChI=1S/C8H8N6O/c9-1-4-6-11-2-5-7(13-8(10)15-5)14(6)3-12-4/h3,5,7,11H,2H2,(H2,10,13). The molecular weight excluding hydrogens is 196 g/mol. The summed E-state index contributed by atoms with van der Waals surface area (Å²) in [6.45, 7) is 0.579. The molecule has 2 aliphatic heterocycles. The molecule has 0 saturated carbocycles. The number of fused-ring (bicyclic) bond motifs is 3. The normalized spacial score (nSPS) is 26.7. The van der Waals surface area contributed by atoms with Gasteiger partial charge in [-0.25, -0.2) is 9.98 Å². The van der Waals surface area contributed by atoms with Crippen LogP contribution in [0.4, 0.5) is 5.82 Å². The number of ether oxygens (including phenoxy) is 1. The van der Waals surface area contributed by atoms with E-state index in [0.717, 1.165) is 0 Å². The van der Waals surface area contributed by atoms with Crippen molar-refractivity contribution in [2.24, 2.45) is 10.7 Å². The lowest BCUT2D eigenvalue weighted by Gasteiger charge is -2.26. The lowest BCUT2D eigenvalue weighted by atomic mass is 10.2. The highest BCUT2D eigenvalue weighted by molar-refractivity contribution is 5.73. The summed E-state index contributed by atoms with van der Waals surface area (Å²) >= 11 is 0. The number of nitrogens with two attached hydrogens (primary N) is 1. The molecule has 1 aromatic heterocycles. The van der Waals surface area contributed by atoms with E-state index in [1.54, 1.807) is 10.9 Å². The molecule has 3 N–H and O–H groups in total. The van der Waals surface area contributed by atoms with Gasteiger partial charge in [0.1, 0.15) is 11.9 Å². The number of hydrogen-bond donors (Lipinski definition) is 2. The summed E-state index contributed by atoms with van der Waals surface area (Å²) < 4.78 is 7.07. The Morgan fingerprint density at radius 1 is 1.73 bits per heavy atom. The summed E-state index contributed by atoms with van der Waals surface area (Å²) in [5, 5.41) is 11.9. The number of anilines is 1. The zero-order chi connectivity index (χ0) is 10.4. The Labute approximate surface area is 85.2 Å². The van der Waals surface area contributed by atoms with E-state index < -0.39 is 0 Å². The first-order valence-corrected chi connectivity index (χ1v) is 4.50. The van der Waals surface area contributed by atoms with Crippen LogP contribution in [-0.4, -0.2) is 28.2 Å². The fourth-order valence-corrected chi connectivity index (χ4v) is 1.86. The summed E-state index contributed by atoms with van der Waals surface area (Å²) in [6, 6.07) is 2.20. The minimum absolute atomic E-state index is 0.113. The van der Waals surface area contributed by atoms with Crippen molar-refractivity contribution in [2.75, 3.05) is 11.9 Å². The van der Waals surface area contributed by atoms with Crippen LogP contribution in [0.25, 0.3) is 0 Å². The number of amidine groups is 1. The molecule has 0 bridgehead atoms. The largest absolute Gasteiger partial charge is 0.456 e. The Hall–Kier alpha value is -2.23. The number of aliphatic imine (C=N–C) groups is 1. The summed E-state index contributed by atoms with van der Waals surface area (Å²) in [5.74, 6) is 0.681. The molecule has 3 rings (SSSR count). The number of nitrogens with one attached hydrogen (secondary N) is 1. The first-order chi connectivity index (χ1) is 7.29. The fraction of sp³-hybridized carbons (Fsp3) is 0.375. The van der Waals surface area contributed by atoms with Crippen LogP contribution in [-0.2, 0) is 4.74 Å². The van der Waals surface area contributed by atoms with Gasteiger partial charge in [-0.15, -0.1) is 0 Å². The summed E-state index contributed by atoms with van der Waals surface area (Å²) in [5.41, 5.74) is 5.86. The van der Waals surface area contributed by atoms with Gasteiger partial charge in [-0.1, -0.05) is 0 Å². The second kappa shape index (κ2) is 2.63. The quantitative estimate of drug-likeness (QED) is 0.587. The monoisotopic (exact) mass is 204 g/mol. The molecule has 7 nitrogen and oxygen atoms in total. The van der Waals surface area contributed by atoms with E-state index in [2.05, 4.69) is 15.3 Å². The maximum absolute atomic E-state index is 8.82. The number of rotatable bonds is 0. The Bertz CT molecular complexity index is 484. The number of nitriles is 1. The van der Waals surface area contributed by atoms with Crippen molar-refractivity contribution in [1.29, 1.82) is 5.26 Å². The molecule has 7 heteroatoms. The van der Waals surface area contributed by atoms with Crippen molar-refractivity contribution < 1.29 is 4.74 Å². The van der Waals surface area contributed by atoms with Crippen LogP contribution in [0.3, 0.4) is 0 Å². The van der Waals surface area contributed by atoms with E-state index in [4.69, 9.17) is 15.7 Å². The first-order valence-electron chi connectivity index (χ1n) is 4.50.